The van der Waals surface area contributed by atoms with Crippen molar-refractivity contribution < 1.29 is 13.2 Å². The summed E-state index contributed by atoms with van der Waals surface area (Å²) >= 11 is 5.95. The van der Waals surface area contributed by atoms with Crippen LogP contribution in [0.4, 0.5) is 0 Å². The molecule has 0 radical (unpaired) electrons. The molecule has 2 N–H and O–H groups in total. The number of hydrogen-bond acceptors (Lipinski definition) is 4. The van der Waals surface area contributed by atoms with Crippen LogP contribution in [0.25, 0.3) is 0 Å². The zero-order chi connectivity index (χ0) is 15.9. The number of rotatable bonds is 3. The second-order valence-electron chi connectivity index (χ2n) is 5.01. The third kappa shape index (κ3) is 2.70. The highest BCUT2D eigenvalue weighted by molar-refractivity contribution is 7.89. The standard InChI is InChI=1S/C14H12ClN3O3S/c15-12-4-10-8-18(7-9-2-1-3-17-6-9)14(19)11(10)5-13(12)22(16,20)21/h1-6H,7-8H2,(H2,16,20,21). The molecule has 3 rings (SSSR count). The molecule has 6 nitrogen and oxygen atoms in total. The summed E-state index contributed by atoms with van der Waals surface area (Å²) in [7, 11) is -3.97. The van der Waals surface area contributed by atoms with E-state index in [-0.39, 0.29) is 15.8 Å². The van der Waals surface area contributed by atoms with E-state index in [0.717, 1.165) is 5.56 Å². The number of carbonyl (C=O) groups excluding carboxylic acids is 1. The molecule has 0 saturated carbocycles. The minimum absolute atomic E-state index is 0.0253. The van der Waals surface area contributed by atoms with Gasteiger partial charge in [-0.25, -0.2) is 13.6 Å². The number of halogens is 1. The van der Waals surface area contributed by atoms with Gasteiger partial charge in [0.15, 0.2) is 0 Å². The Morgan fingerprint density at radius 2 is 2.14 bits per heavy atom. The molecule has 0 bridgehead atoms. The normalized spacial score (nSPS) is 14.3. The van der Waals surface area contributed by atoms with Crippen LogP contribution in [0.15, 0.2) is 41.6 Å². The Morgan fingerprint density at radius 3 is 2.77 bits per heavy atom. The Labute approximate surface area is 132 Å². The third-order valence-electron chi connectivity index (χ3n) is 3.44. The zero-order valence-corrected chi connectivity index (χ0v) is 12.9. The predicted molar refractivity (Wildman–Crippen MR) is 80.6 cm³/mol. The molecule has 2 heterocycles. The van der Waals surface area contributed by atoms with Crippen LogP contribution in [0, 0.1) is 0 Å². The molecule has 0 fully saturated rings. The lowest BCUT2D eigenvalue weighted by Crippen LogP contribution is -2.23. The molecule has 114 valence electrons. The maximum absolute atomic E-state index is 12.4. The van der Waals surface area contributed by atoms with Crippen molar-refractivity contribution in [3.8, 4) is 0 Å². The summed E-state index contributed by atoms with van der Waals surface area (Å²) < 4.78 is 23.0. The molecular weight excluding hydrogens is 326 g/mol. The monoisotopic (exact) mass is 337 g/mol. The molecule has 22 heavy (non-hydrogen) atoms. The lowest BCUT2D eigenvalue weighted by atomic mass is 10.1. The number of nitrogens with two attached hydrogens (primary N) is 1. The number of nitrogens with zero attached hydrogens (tertiary/aromatic N) is 2. The molecule has 0 aliphatic carbocycles. The summed E-state index contributed by atoms with van der Waals surface area (Å²) in [5.41, 5.74) is 1.89. The molecule has 0 saturated heterocycles. The van der Waals surface area contributed by atoms with Crippen molar-refractivity contribution in [2.24, 2.45) is 5.14 Å². The first-order valence-corrected chi connectivity index (χ1v) is 8.32. The molecule has 1 aliphatic rings. The maximum Gasteiger partial charge on any atom is 0.254 e. The van der Waals surface area contributed by atoms with Crippen molar-refractivity contribution in [2.75, 3.05) is 0 Å². The number of benzene rings is 1. The fourth-order valence-electron chi connectivity index (χ4n) is 2.43. The van der Waals surface area contributed by atoms with Gasteiger partial charge in [-0.1, -0.05) is 17.7 Å². The summed E-state index contributed by atoms with van der Waals surface area (Å²) in [6.07, 6.45) is 3.33. The largest absolute Gasteiger partial charge is 0.330 e. The van der Waals surface area contributed by atoms with Crippen molar-refractivity contribution in [2.45, 2.75) is 18.0 Å². The minimum Gasteiger partial charge on any atom is -0.330 e. The van der Waals surface area contributed by atoms with Gasteiger partial charge < -0.3 is 4.90 Å². The van der Waals surface area contributed by atoms with Gasteiger partial charge in [0, 0.05) is 31.0 Å². The van der Waals surface area contributed by atoms with Gasteiger partial charge in [0.25, 0.3) is 5.91 Å². The number of carbonyl (C=O) groups is 1. The van der Waals surface area contributed by atoms with Gasteiger partial charge in [-0.05, 0) is 29.3 Å². The number of primary sulfonamides is 1. The third-order valence-corrected chi connectivity index (χ3v) is 4.81. The van der Waals surface area contributed by atoms with Gasteiger partial charge in [0.2, 0.25) is 10.0 Å². The summed E-state index contributed by atoms with van der Waals surface area (Å²) in [5, 5.41) is 5.14. The lowest BCUT2D eigenvalue weighted by molar-refractivity contribution is 0.0766. The average molecular weight is 338 g/mol. The van der Waals surface area contributed by atoms with Gasteiger partial charge in [-0.15, -0.1) is 0 Å². The second kappa shape index (κ2) is 5.35. The van der Waals surface area contributed by atoms with E-state index in [1.807, 2.05) is 6.07 Å². The smallest absolute Gasteiger partial charge is 0.254 e. The van der Waals surface area contributed by atoms with Gasteiger partial charge in [0.05, 0.1) is 5.02 Å². The molecule has 0 spiro atoms. The van der Waals surface area contributed by atoms with Crippen LogP contribution in [0.3, 0.4) is 0 Å². The highest BCUT2D eigenvalue weighted by Gasteiger charge is 2.30. The first kappa shape index (κ1) is 15.0. The average Bonchev–Trinajstić information content (AvgIpc) is 2.74. The number of amides is 1. The molecule has 8 heteroatoms. The van der Waals surface area contributed by atoms with Crippen molar-refractivity contribution >= 4 is 27.5 Å². The fourth-order valence-corrected chi connectivity index (χ4v) is 3.55. The van der Waals surface area contributed by atoms with Crippen LogP contribution in [0.5, 0.6) is 0 Å². The van der Waals surface area contributed by atoms with E-state index in [1.165, 1.54) is 12.1 Å². The highest BCUT2D eigenvalue weighted by atomic mass is 35.5. The number of pyridine rings is 1. The van der Waals surface area contributed by atoms with Crippen LogP contribution in [0.2, 0.25) is 5.02 Å². The molecule has 1 aromatic carbocycles. The Balaban J connectivity index is 1.94. The van der Waals surface area contributed by atoms with Gasteiger partial charge in [0.1, 0.15) is 4.90 Å². The Kier molecular flexibility index (Phi) is 3.64. The lowest BCUT2D eigenvalue weighted by Gasteiger charge is -2.15. The second-order valence-corrected chi connectivity index (χ2v) is 6.94. The van der Waals surface area contributed by atoms with Gasteiger partial charge >= 0.3 is 0 Å². The van der Waals surface area contributed by atoms with E-state index >= 15 is 0 Å². The van der Waals surface area contributed by atoms with E-state index in [1.54, 1.807) is 23.4 Å². The SMILES string of the molecule is NS(=O)(=O)c1cc2c(cc1Cl)CN(Cc1cccnc1)C2=O. The number of hydrogen-bond donors (Lipinski definition) is 1. The fraction of sp³-hybridized carbons (Fsp3) is 0.143. The van der Waals surface area contributed by atoms with Gasteiger partial charge in [-0.2, -0.15) is 0 Å². The minimum atomic E-state index is -3.97. The maximum atomic E-state index is 12.4. The van der Waals surface area contributed by atoms with Crippen molar-refractivity contribution in [3.05, 3.63) is 58.4 Å². The summed E-state index contributed by atoms with van der Waals surface area (Å²) in [4.78, 5) is 17.8. The predicted octanol–water partition coefficient (Wildman–Crippen LogP) is 1.54. The Morgan fingerprint density at radius 1 is 1.36 bits per heavy atom. The van der Waals surface area contributed by atoms with E-state index in [2.05, 4.69) is 4.98 Å². The quantitative estimate of drug-likeness (QED) is 0.919. The van der Waals surface area contributed by atoms with Crippen molar-refractivity contribution in [3.63, 3.8) is 0 Å². The molecule has 1 aliphatic heterocycles. The van der Waals surface area contributed by atoms with Crippen LogP contribution < -0.4 is 5.14 Å². The highest BCUT2D eigenvalue weighted by Crippen LogP contribution is 2.31. The van der Waals surface area contributed by atoms with Gasteiger partial charge in [-0.3, -0.25) is 9.78 Å². The Hall–Kier alpha value is -1.96. The number of sulfonamides is 1. The van der Waals surface area contributed by atoms with Crippen molar-refractivity contribution in [1.82, 2.24) is 9.88 Å². The number of fused-ring (bicyclic) bond motifs is 1. The first-order valence-electron chi connectivity index (χ1n) is 6.39. The molecule has 1 amide bonds. The first-order chi connectivity index (χ1) is 10.4. The molecule has 1 aromatic heterocycles. The molecule has 0 atom stereocenters. The summed E-state index contributed by atoms with van der Waals surface area (Å²) in [6, 6.07) is 6.39. The number of aromatic nitrogens is 1. The molecular formula is C14H12ClN3O3S. The summed E-state index contributed by atoms with van der Waals surface area (Å²) in [6.45, 7) is 0.761. The van der Waals surface area contributed by atoms with E-state index in [9.17, 15) is 13.2 Å². The Bertz CT molecular complexity index is 853. The topological polar surface area (TPSA) is 93.4 Å². The zero-order valence-electron chi connectivity index (χ0n) is 11.4. The van der Waals surface area contributed by atoms with E-state index in [0.29, 0.717) is 24.2 Å². The molecule has 2 aromatic rings. The van der Waals surface area contributed by atoms with Crippen LogP contribution in [-0.4, -0.2) is 24.2 Å². The van der Waals surface area contributed by atoms with Crippen LogP contribution >= 0.6 is 11.6 Å². The molecule has 0 unspecified atom stereocenters. The van der Waals surface area contributed by atoms with E-state index in [4.69, 9.17) is 16.7 Å². The van der Waals surface area contributed by atoms with Crippen LogP contribution in [-0.2, 0) is 23.1 Å². The van der Waals surface area contributed by atoms with Crippen LogP contribution in [0.1, 0.15) is 21.5 Å². The van der Waals surface area contributed by atoms with E-state index < -0.39 is 10.0 Å². The van der Waals surface area contributed by atoms with Crippen molar-refractivity contribution in [1.29, 1.82) is 0 Å². The summed E-state index contributed by atoms with van der Waals surface area (Å²) in [5.74, 6) is -0.250.